The molecule has 0 radical (unpaired) electrons. The van der Waals surface area contributed by atoms with E-state index in [1.165, 1.54) is 23.6 Å². The monoisotopic (exact) mass is 369 g/mol. The highest BCUT2D eigenvalue weighted by molar-refractivity contribution is 7.11. The van der Waals surface area contributed by atoms with Crippen molar-refractivity contribution in [1.29, 1.82) is 5.26 Å². The summed E-state index contributed by atoms with van der Waals surface area (Å²) in [4.78, 5) is 4.47. The molecule has 26 heavy (non-hydrogen) atoms. The normalized spacial score (nSPS) is 11.2. The number of nitriles is 1. The first-order valence-electron chi connectivity index (χ1n) is 7.59. The zero-order valence-corrected chi connectivity index (χ0v) is 14.2. The molecular formula is C19H13F2N3OS. The minimum Gasteiger partial charge on any atom is -0.433 e. The number of nitrogens with one attached hydrogen (secondary N) is 1. The average molecular weight is 369 g/mol. The topological polar surface area (TPSA) is 57.9 Å². The number of halogens is 2. The second-order valence-electron chi connectivity index (χ2n) is 5.09. The van der Waals surface area contributed by atoms with Crippen LogP contribution in [0.1, 0.15) is 5.01 Å². The molecule has 3 rings (SSSR count). The Morgan fingerprint density at radius 3 is 2.62 bits per heavy atom. The predicted octanol–water partition coefficient (Wildman–Crippen LogP) is 5.39. The second kappa shape index (κ2) is 8.23. The number of benzene rings is 2. The third-order valence-electron chi connectivity index (χ3n) is 3.40. The fourth-order valence-electron chi connectivity index (χ4n) is 2.22. The van der Waals surface area contributed by atoms with Crippen molar-refractivity contribution in [3.8, 4) is 23.1 Å². The summed E-state index contributed by atoms with van der Waals surface area (Å²) in [7, 11) is 0. The van der Waals surface area contributed by atoms with Crippen LogP contribution in [-0.4, -0.2) is 11.6 Å². The fraction of sp³-hybridized carbons (Fsp3) is 0.0526. The van der Waals surface area contributed by atoms with Gasteiger partial charge in [-0.1, -0.05) is 42.5 Å². The second-order valence-corrected chi connectivity index (χ2v) is 5.95. The first-order valence-corrected chi connectivity index (χ1v) is 8.47. The highest BCUT2D eigenvalue weighted by atomic mass is 32.1. The Hall–Kier alpha value is -3.24. The number of ether oxygens (including phenoxy) is 1. The molecule has 0 spiro atoms. The Morgan fingerprint density at radius 2 is 1.88 bits per heavy atom. The fourth-order valence-corrected chi connectivity index (χ4v) is 3.01. The summed E-state index contributed by atoms with van der Waals surface area (Å²) in [5, 5.41) is 14.6. The minimum absolute atomic E-state index is 0.000142. The van der Waals surface area contributed by atoms with Gasteiger partial charge in [0, 0.05) is 17.1 Å². The van der Waals surface area contributed by atoms with Gasteiger partial charge >= 0.3 is 6.61 Å². The molecule has 0 bridgehead atoms. The van der Waals surface area contributed by atoms with E-state index in [2.05, 4.69) is 21.1 Å². The molecule has 4 nitrogen and oxygen atoms in total. The number of thiazole rings is 1. The molecule has 0 aliphatic carbocycles. The van der Waals surface area contributed by atoms with Gasteiger partial charge in [0.2, 0.25) is 0 Å². The maximum Gasteiger partial charge on any atom is 0.387 e. The van der Waals surface area contributed by atoms with Crippen molar-refractivity contribution in [2.24, 2.45) is 0 Å². The number of para-hydroxylation sites is 2. The zero-order chi connectivity index (χ0) is 18.4. The smallest absolute Gasteiger partial charge is 0.387 e. The molecule has 130 valence electrons. The van der Waals surface area contributed by atoms with Crippen molar-refractivity contribution in [2.75, 3.05) is 5.32 Å². The molecule has 0 saturated heterocycles. The molecule has 0 unspecified atom stereocenters. The quantitative estimate of drug-likeness (QED) is 0.592. The van der Waals surface area contributed by atoms with Gasteiger partial charge in [0.25, 0.3) is 0 Å². The number of hydrogen-bond donors (Lipinski definition) is 1. The van der Waals surface area contributed by atoms with Gasteiger partial charge < -0.3 is 10.1 Å². The van der Waals surface area contributed by atoms with Gasteiger partial charge in [0.05, 0.1) is 11.4 Å². The highest BCUT2D eigenvalue weighted by Gasteiger charge is 2.11. The van der Waals surface area contributed by atoms with E-state index in [0.29, 0.717) is 16.3 Å². The van der Waals surface area contributed by atoms with E-state index in [1.54, 1.807) is 18.2 Å². The van der Waals surface area contributed by atoms with Gasteiger partial charge in [-0.25, -0.2) is 4.98 Å². The molecule has 1 heterocycles. The van der Waals surface area contributed by atoms with Gasteiger partial charge in [0.1, 0.15) is 22.4 Å². The van der Waals surface area contributed by atoms with Crippen molar-refractivity contribution in [1.82, 2.24) is 4.98 Å². The van der Waals surface area contributed by atoms with Crippen LogP contribution in [0.2, 0.25) is 0 Å². The van der Waals surface area contributed by atoms with E-state index in [9.17, 15) is 14.0 Å². The number of allylic oxidation sites excluding steroid dienone is 1. The van der Waals surface area contributed by atoms with Crippen LogP contribution in [-0.2, 0) is 0 Å². The molecule has 0 amide bonds. The van der Waals surface area contributed by atoms with Crippen molar-refractivity contribution < 1.29 is 13.5 Å². The molecule has 0 atom stereocenters. The summed E-state index contributed by atoms with van der Waals surface area (Å²) in [6.07, 6.45) is 1.43. The summed E-state index contributed by atoms with van der Waals surface area (Å²) in [5.74, 6) is 0.000142. The van der Waals surface area contributed by atoms with Gasteiger partial charge in [-0.3, -0.25) is 0 Å². The van der Waals surface area contributed by atoms with Crippen LogP contribution < -0.4 is 10.1 Å². The maximum atomic E-state index is 12.5. The van der Waals surface area contributed by atoms with E-state index >= 15 is 0 Å². The molecule has 3 aromatic rings. The Bertz CT molecular complexity index is 949. The minimum atomic E-state index is -2.93. The molecule has 0 saturated carbocycles. The van der Waals surface area contributed by atoms with Crippen LogP contribution in [0.25, 0.3) is 16.8 Å². The Balaban J connectivity index is 1.82. The van der Waals surface area contributed by atoms with Crippen LogP contribution in [0.15, 0.2) is 66.2 Å². The van der Waals surface area contributed by atoms with Gasteiger partial charge in [-0.05, 0) is 12.1 Å². The van der Waals surface area contributed by atoms with Crippen LogP contribution >= 0.6 is 11.3 Å². The van der Waals surface area contributed by atoms with Crippen molar-refractivity contribution >= 4 is 22.6 Å². The van der Waals surface area contributed by atoms with Crippen LogP contribution in [0, 0.1) is 11.3 Å². The van der Waals surface area contributed by atoms with E-state index < -0.39 is 6.61 Å². The summed E-state index contributed by atoms with van der Waals surface area (Å²) in [6.45, 7) is -2.93. The Morgan fingerprint density at radius 1 is 1.15 bits per heavy atom. The molecule has 1 N–H and O–H groups in total. The molecule has 0 fully saturated rings. The summed E-state index contributed by atoms with van der Waals surface area (Å²) in [5.41, 5.74) is 2.36. The van der Waals surface area contributed by atoms with E-state index in [4.69, 9.17) is 0 Å². The van der Waals surface area contributed by atoms with Gasteiger partial charge in [-0.2, -0.15) is 14.0 Å². The number of anilines is 1. The van der Waals surface area contributed by atoms with Gasteiger partial charge in [-0.15, -0.1) is 11.3 Å². The summed E-state index contributed by atoms with van der Waals surface area (Å²) in [6, 6.07) is 18.0. The van der Waals surface area contributed by atoms with Crippen molar-refractivity contribution in [3.63, 3.8) is 0 Å². The van der Waals surface area contributed by atoms with Crippen LogP contribution in [0.3, 0.4) is 0 Å². The van der Waals surface area contributed by atoms with Crippen LogP contribution in [0.5, 0.6) is 5.75 Å². The number of hydrogen-bond acceptors (Lipinski definition) is 5. The Kier molecular flexibility index (Phi) is 5.56. The number of alkyl halides is 2. The molecular weight excluding hydrogens is 356 g/mol. The zero-order valence-electron chi connectivity index (χ0n) is 13.4. The summed E-state index contributed by atoms with van der Waals surface area (Å²) < 4.78 is 29.4. The summed E-state index contributed by atoms with van der Waals surface area (Å²) >= 11 is 1.33. The molecule has 7 heteroatoms. The molecule has 0 aliphatic heterocycles. The predicted molar refractivity (Wildman–Crippen MR) is 97.8 cm³/mol. The first-order chi connectivity index (χ1) is 12.7. The van der Waals surface area contributed by atoms with Gasteiger partial charge in [0.15, 0.2) is 0 Å². The standard InChI is InChI=1S/C19H13F2N3OS/c20-19(21)25-17-9-5-4-8-15(17)23-11-14(10-22)18-24-16(12-26-18)13-6-2-1-3-7-13/h1-9,11-12,19,23H/b14-11+. The SMILES string of the molecule is N#C/C(=C\Nc1ccccc1OC(F)F)c1nc(-c2ccccc2)cs1. The number of rotatable bonds is 6. The third-order valence-corrected chi connectivity index (χ3v) is 4.28. The lowest BCUT2D eigenvalue weighted by Crippen LogP contribution is -2.04. The lowest BCUT2D eigenvalue weighted by atomic mass is 10.2. The number of nitrogens with zero attached hydrogens (tertiary/aromatic N) is 2. The van der Waals surface area contributed by atoms with Crippen molar-refractivity contribution in [3.05, 3.63) is 71.2 Å². The third kappa shape index (κ3) is 4.23. The van der Waals surface area contributed by atoms with Crippen molar-refractivity contribution in [2.45, 2.75) is 6.61 Å². The highest BCUT2D eigenvalue weighted by Crippen LogP contribution is 2.28. The maximum absolute atomic E-state index is 12.5. The molecule has 1 aromatic heterocycles. The molecule has 0 aliphatic rings. The van der Waals surface area contributed by atoms with E-state index in [0.717, 1.165) is 11.3 Å². The first kappa shape index (κ1) is 17.6. The molecule has 2 aromatic carbocycles. The lowest BCUT2D eigenvalue weighted by molar-refractivity contribution is -0.0493. The number of aromatic nitrogens is 1. The van der Waals surface area contributed by atoms with E-state index in [-0.39, 0.29) is 5.75 Å². The lowest BCUT2D eigenvalue weighted by Gasteiger charge is -2.10. The van der Waals surface area contributed by atoms with Crippen LogP contribution in [0.4, 0.5) is 14.5 Å². The Labute approximate surface area is 153 Å². The average Bonchev–Trinajstić information content (AvgIpc) is 3.14. The van der Waals surface area contributed by atoms with E-state index in [1.807, 2.05) is 35.7 Å². The largest absolute Gasteiger partial charge is 0.433 e.